The molecule has 0 fully saturated rings. The fourth-order valence-electron chi connectivity index (χ4n) is 2.60. The number of sulfonamides is 1. The molecule has 28 heavy (non-hydrogen) atoms. The molecule has 0 radical (unpaired) electrons. The zero-order valence-electron chi connectivity index (χ0n) is 16.0. The van der Waals surface area contributed by atoms with Crippen LogP contribution in [0.25, 0.3) is 0 Å². The minimum Gasteiger partial charge on any atom is -0.495 e. The maximum atomic E-state index is 13.4. The molecule has 0 bridgehead atoms. The third-order valence-corrected chi connectivity index (χ3v) is 5.52. The number of nitrogens with one attached hydrogen (secondary N) is 1. The van der Waals surface area contributed by atoms with E-state index in [9.17, 15) is 22.0 Å². The van der Waals surface area contributed by atoms with Crippen LogP contribution in [0, 0.1) is 11.6 Å². The molecule has 6 nitrogen and oxygen atoms in total. The number of rotatable bonds is 7. The van der Waals surface area contributed by atoms with Crippen molar-refractivity contribution in [2.24, 2.45) is 0 Å². The number of amides is 1. The van der Waals surface area contributed by atoms with Crippen LogP contribution in [-0.2, 0) is 16.6 Å². The van der Waals surface area contributed by atoms with Gasteiger partial charge in [0, 0.05) is 25.2 Å². The molecule has 2 aromatic rings. The molecule has 0 saturated heterocycles. The van der Waals surface area contributed by atoms with E-state index in [1.54, 1.807) is 13.8 Å². The average molecular weight is 412 g/mol. The van der Waals surface area contributed by atoms with Crippen molar-refractivity contribution >= 4 is 15.9 Å². The SMILES string of the molecule is COc1ccc(C(=O)N(C)Cc2ccc(F)c(F)c2)cc1S(=O)(=O)NC(C)C. The second-order valence-corrected chi connectivity index (χ2v) is 8.23. The summed E-state index contributed by atoms with van der Waals surface area (Å²) in [4.78, 5) is 13.8. The number of carbonyl (C=O) groups is 1. The molecule has 0 heterocycles. The Hall–Kier alpha value is -2.52. The minimum atomic E-state index is -3.89. The van der Waals surface area contributed by atoms with Crippen LogP contribution in [0.2, 0.25) is 0 Å². The lowest BCUT2D eigenvalue weighted by molar-refractivity contribution is 0.0784. The lowest BCUT2D eigenvalue weighted by Crippen LogP contribution is -2.31. The van der Waals surface area contributed by atoms with Gasteiger partial charge in [0.1, 0.15) is 10.6 Å². The number of methoxy groups -OCH3 is 1. The normalized spacial score (nSPS) is 11.5. The van der Waals surface area contributed by atoms with Gasteiger partial charge in [-0.25, -0.2) is 21.9 Å². The molecule has 0 aliphatic carbocycles. The van der Waals surface area contributed by atoms with E-state index < -0.39 is 27.6 Å². The Morgan fingerprint density at radius 2 is 1.82 bits per heavy atom. The third-order valence-electron chi connectivity index (χ3n) is 3.84. The minimum absolute atomic E-state index is 0.0222. The standard InChI is InChI=1S/C19H22F2N2O4S/c1-12(2)22-28(25,26)18-10-14(6-8-17(18)27-4)19(24)23(3)11-13-5-7-15(20)16(21)9-13/h5-10,12,22H,11H2,1-4H3. The summed E-state index contributed by atoms with van der Waals surface area (Å²) < 4.78 is 59.0. The van der Waals surface area contributed by atoms with Crippen molar-refractivity contribution in [3.63, 3.8) is 0 Å². The quantitative estimate of drug-likeness (QED) is 0.759. The van der Waals surface area contributed by atoms with E-state index in [1.165, 1.54) is 43.3 Å². The number of carbonyl (C=O) groups excluding carboxylic acids is 1. The highest BCUT2D eigenvalue weighted by Gasteiger charge is 2.23. The van der Waals surface area contributed by atoms with Crippen LogP contribution in [0.5, 0.6) is 5.75 Å². The van der Waals surface area contributed by atoms with Crippen molar-refractivity contribution < 1.29 is 26.7 Å². The van der Waals surface area contributed by atoms with Crippen LogP contribution in [0.3, 0.4) is 0 Å². The maximum absolute atomic E-state index is 13.4. The Kier molecular flexibility index (Phi) is 6.73. The highest BCUT2D eigenvalue weighted by Crippen LogP contribution is 2.26. The van der Waals surface area contributed by atoms with Gasteiger partial charge in [-0.05, 0) is 49.7 Å². The van der Waals surface area contributed by atoms with E-state index in [1.807, 2.05) is 0 Å². The first kappa shape index (κ1) is 21.8. The van der Waals surface area contributed by atoms with Crippen molar-refractivity contribution in [2.75, 3.05) is 14.2 Å². The van der Waals surface area contributed by atoms with Crippen LogP contribution in [0.4, 0.5) is 8.78 Å². The van der Waals surface area contributed by atoms with Crippen LogP contribution in [0.15, 0.2) is 41.3 Å². The van der Waals surface area contributed by atoms with Gasteiger partial charge in [-0.2, -0.15) is 0 Å². The van der Waals surface area contributed by atoms with Gasteiger partial charge in [0.05, 0.1) is 7.11 Å². The van der Waals surface area contributed by atoms with Gasteiger partial charge in [-0.1, -0.05) is 6.07 Å². The lowest BCUT2D eigenvalue weighted by atomic mass is 10.1. The Balaban J connectivity index is 2.32. The molecular formula is C19H22F2N2O4S. The second kappa shape index (κ2) is 8.66. The number of ether oxygens (including phenoxy) is 1. The van der Waals surface area contributed by atoms with E-state index in [2.05, 4.69) is 4.72 Å². The van der Waals surface area contributed by atoms with Crippen molar-refractivity contribution in [2.45, 2.75) is 31.3 Å². The van der Waals surface area contributed by atoms with Gasteiger partial charge in [-0.15, -0.1) is 0 Å². The molecule has 0 aromatic heterocycles. The van der Waals surface area contributed by atoms with Gasteiger partial charge in [-0.3, -0.25) is 4.79 Å². The first-order chi connectivity index (χ1) is 13.0. The first-order valence-corrected chi connectivity index (χ1v) is 9.93. The molecule has 2 rings (SSSR count). The lowest BCUT2D eigenvalue weighted by Gasteiger charge is -2.19. The van der Waals surface area contributed by atoms with Gasteiger partial charge >= 0.3 is 0 Å². The maximum Gasteiger partial charge on any atom is 0.253 e. The second-order valence-electron chi connectivity index (χ2n) is 6.55. The van der Waals surface area contributed by atoms with Crippen LogP contribution in [0.1, 0.15) is 29.8 Å². The molecule has 0 aliphatic rings. The highest BCUT2D eigenvalue weighted by atomic mass is 32.2. The summed E-state index contributed by atoms with van der Waals surface area (Å²) in [7, 11) is -1.08. The first-order valence-electron chi connectivity index (χ1n) is 8.45. The molecule has 0 saturated carbocycles. The van der Waals surface area contributed by atoms with Crippen molar-refractivity contribution in [1.29, 1.82) is 0 Å². The molecule has 9 heteroatoms. The summed E-state index contributed by atoms with van der Waals surface area (Å²) in [6.07, 6.45) is 0. The smallest absolute Gasteiger partial charge is 0.253 e. The van der Waals surface area contributed by atoms with Crippen LogP contribution < -0.4 is 9.46 Å². The largest absolute Gasteiger partial charge is 0.495 e. The molecule has 2 aromatic carbocycles. The molecule has 152 valence electrons. The summed E-state index contributed by atoms with van der Waals surface area (Å²) in [5.41, 5.74) is 0.521. The number of halogens is 2. The number of hydrogen-bond acceptors (Lipinski definition) is 4. The third kappa shape index (κ3) is 5.05. The molecule has 0 unspecified atom stereocenters. The number of hydrogen-bond donors (Lipinski definition) is 1. The average Bonchev–Trinajstić information content (AvgIpc) is 2.62. The fourth-order valence-corrected chi connectivity index (χ4v) is 4.04. The monoisotopic (exact) mass is 412 g/mol. The van der Waals surface area contributed by atoms with Gasteiger partial charge in [0.2, 0.25) is 10.0 Å². The molecule has 0 spiro atoms. The highest BCUT2D eigenvalue weighted by molar-refractivity contribution is 7.89. The van der Waals surface area contributed by atoms with Crippen molar-refractivity contribution in [3.8, 4) is 5.75 Å². The molecule has 1 N–H and O–H groups in total. The summed E-state index contributed by atoms with van der Waals surface area (Å²) in [6, 6.07) is 7.09. The van der Waals surface area contributed by atoms with E-state index in [4.69, 9.17) is 4.74 Å². The molecule has 0 atom stereocenters. The molecular weight excluding hydrogens is 390 g/mol. The zero-order valence-corrected chi connectivity index (χ0v) is 16.8. The summed E-state index contributed by atoms with van der Waals surface area (Å²) in [6.45, 7) is 3.37. The van der Waals surface area contributed by atoms with Crippen molar-refractivity contribution in [1.82, 2.24) is 9.62 Å². The molecule has 1 amide bonds. The topological polar surface area (TPSA) is 75.7 Å². The molecule has 0 aliphatic heterocycles. The van der Waals surface area contributed by atoms with Crippen LogP contribution >= 0.6 is 0 Å². The Morgan fingerprint density at radius 1 is 1.14 bits per heavy atom. The van der Waals surface area contributed by atoms with Crippen LogP contribution in [-0.4, -0.2) is 39.4 Å². The predicted octanol–water partition coefficient (Wildman–Crippen LogP) is 2.93. The summed E-state index contributed by atoms with van der Waals surface area (Å²) >= 11 is 0. The fraction of sp³-hybridized carbons (Fsp3) is 0.316. The van der Waals surface area contributed by atoms with E-state index in [0.717, 1.165) is 12.1 Å². The summed E-state index contributed by atoms with van der Waals surface area (Å²) in [5, 5.41) is 0. The predicted molar refractivity (Wildman–Crippen MR) is 101 cm³/mol. The Labute approximate surface area is 163 Å². The summed E-state index contributed by atoms with van der Waals surface area (Å²) in [5.74, 6) is -2.35. The van der Waals surface area contributed by atoms with Gasteiger partial charge in [0.15, 0.2) is 11.6 Å². The van der Waals surface area contributed by atoms with Gasteiger partial charge < -0.3 is 9.64 Å². The van der Waals surface area contributed by atoms with E-state index in [0.29, 0.717) is 5.56 Å². The van der Waals surface area contributed by atoms with Crippen molar-refractivity contribution in [3.05, 3.63) is 59.2 Å². The van der Waals surface area contributed by atoms with Gasteiger partial charge in [0.25, 0.3) is 5.91 Å². The number of nitrogens with zero attached hydrogens (tertiary/aromatic N) is 1. The van der Waals surface area contributed by atoms with E-state index >= 15 is 0 Å². The zero-order chi connectivity index (χ0) is 21.1. The Morgan fingerprint density at radius 3 is 2.39 bits per heavy atom. The number of benzene rings is 2. The Bertz CT molecular complexity index is 978. The van der Waals surface area contributed by atoms with E-state index in [-0.39, 0.29) is 28.8 Å².